The summed E-state index contributed by atoms with van der Waals surface area (Å²) in [5.41, 5.74) is 7.65. The first kappa shape index (κ1) is 21.1. The minimum Gasteiger partial charge on any atom is -0.353 e. The third-order valence-corrected chi connectivity index (χ3v) is 6.86. The van der Waals surface area contributed by atoms with E-state index in [1.54, 1.807) is 0 Å². The maximum absolute atomic E-state index is 11.1. The van der Waals surface area contributed by atoms with Crippen LogP contribution in [0.5, 0.6) is 0 Å². The lowest BCUT2D eigenvalue weighted by molar-refractivity contribution is 0.478. The molecule has 3 aromatic rings. The molecule has 0 amide bonds. The van der Waals surface area contributed by atoms with Crippen LogP contribution in [0.15, 0.2) is 36.7 Å². The Bertz CT molecular complexity index is 1180. The molecule has 4 rings (SSSR count). The van der Waals surface area contributed by atoms with E-state index in [-0.39, 0.29) is 16.6 Å². The summed E-state index contributed by atoms with van der Waals surface area (Å²) in [6.45, 7) is 14.0. The van der Waals surface area contributed by atoms with Crippen LogP contribution >= 0.6 is 0 Å². The Labute approximate surface area is 179 Å². The van der Waals surface area contributed by atoms with Crippen molar-refractivity contribution in [3.05, 3.63) is 47.8 Å². The van der Waals surface area contributed by atoms with Crippen LogP contribution in [-0.2, 0) is 27.5 Å². The summed E-state index contributed by atoms with van der Waals surface area (Å²) in [5, 5.41) is 2.60. The van der Waals surface area contributed by atoms with Crippen LogP contribution in [0.4, 0.5) is 0 Å². The average Bonchev–Trinajstić information content (AvgIpc) is 3.11. The second-order valence-electron chi connectivity index (χ2n) is 10.6. The zero-order valence-corrected chi connectivity index (χ0v) is 19.5. The van der Waals surface area contributed by atoms with Crippen molar-refractivity contribution < 1.29 is 13.0 Å². The maximum Gasteiger partial charge on any atom is 0.264 e. The highest BCUT2D eigenvalue weighted by atomic mass is 32.2. The van der Waals surface area contributed by atoms with Crippen molar-refractivity contribution >= 4 is 20.9 Å². The molecule has 30 heavy (non-hydrogen) atoms. The summed E-state index contributed by atoms with van der Waals surface area (Å²) < 4.78 is 33.2. The third kappa shape index (κ3) is 3.81. The SMILES string of the molecule is CC(C)(C)c1cc2c3c(cc(C(C)(C)C)cc3c1)-c1cn(CCCS(=O)(=O)O)cc1-2. The predicted molar refractivity (Wildman–Crippen MR) is 125 cm³/mol. The fourth-order valence-electron chi connectivity index (χ4n) is 4.30. The number of hydrogen-bond donors (Lipinski definition) is 1. The fourth-order valence-corrected chi connectivity index (χ4v) is 4.80. The molecule has 0 bridgehead atoms. The van der Waals surface area contributed by atoms with Gasteiger partial charge in [-0.25, -0.2) is 0 Å². The van der Waals surface area contributed by atoms with Crippen molar-refractivity contribution in [2.75, 3.05) is 5.75 Å². The minimum atomic E-state index is -3.93. The van der Waals surface area contributed by atoms with E-state index in [4.69, 9.17) is 4.55 Å². The molecule has 1 aliphatic carbocycles. The molecule has 2 aromatic carbocycles. The predicted octanol–water partition coefficient (Wildman–Crippen LogP) is 6.16. The van der Waals surface area contributed by atoms with Crippen molar-refractivity contribution in [2.24, 2.45) is 0 Å². The first-order valence-electron chi connectivity index (χ1n) is 10.5. The van der Waals surface area contributed by atoms with E-state index in [1.807, 2.05) is 0 Å². The molecule has 0 spiro atoms. The van der Waals surface area contributed by atoms with Crippen LogP contribution in [0, 0.1) is 0 Å². The van der Waals surface area contributed by atoms with E-state index in [9.17, 15) is 8.42 Å². The Morgan fingerprint density at radius 1 is 0.800 bits per heavy atom. The lowest BCUT2D eigenvalue weighted by Gasteiger charge is -2.23. The average molecular weight is 426 g/mol. The fraction of sp³-hybridized carbons (Fsp3) is 0.440. The van der Waals surface area contributed by atoms with Gasteiger partial charge in [-0.3, -0.25) is 4.55 Å². The summed E-state index contributed by atoms with van der Waals surface area (Å²) >= 11 is 0. The second-order valence-corrected chi connectivity index (χ2v) is 12.2. The summed E-state index contributed by atoms with van der Waals surface area (Å²) in [4.78, 5) is 0. The van der Waals surface area contributed by atoms with Gasteiger partial charge in [0.15, 0.2) is 0 Å². The first-order chi connectivity index (χ1) is 13.7. The monoisotopic (exact) mass is 425 g/mol. The standard InChI is InChI=1S/C25H31NO3S/c1-24(2,3)17-10-16-11-18(25(4,5)6)13-20-22-15-26(8-7-9-30(27,28)29)14-21(22)19(12-17)23(16)20/h10-15H,7-9H2,1-6H3,(H,27,28,29). The molecule has 1 aliphatic rings. The molecular weight excluding hydrogens is 394 g/mol. The largest absolute Gasteiger partial charge is 0.353 e. The number of aromatic nitrogens is 1. The zero-order valence-electron chi connectivity index (χ0n) is 18.7. The van der Waals surface area contributed by atoms with Gasteiger partial charge in [-0.05, 0) is 62.4 Å². The topological polar surface area (TPSA) is 59.3 Å². The van der Waals surface area contributed by atoms with E-state index >= 15 is 0 Å². The van der Waals surface area contributed by atoms with Gasteiger partial charge in [-0.1, -0.05) is 53.7 Å². The van der Waals surface area contributed by atoms with Crippen LogP contribution in [0.25, 0.3) is 33.0 Å². The minimum absolute atomic E-state index is 0.0450. The summed E-state index contributed by atoms with van der Waals surface area (Å²) in [6.07, 6.45) is 4.63. The van der Waals surface area contributed by atoms with Gasteiger partial charge in [-0.2, -0.15) is 8.42 Å². The molecule has 1 heterocycles. The molecule has 5 heteroatoms. The van der Waals surface area contributed by atoms with Crippen molar-refractivity contribution in [3.63, 3.8) is 0 Å². The van der Waals surface area contributed by atoms with Crippen LogP contribution in [-0.4, -0.2) is 23.3 Å². The Balaban J connectivity index is 1.87. The van der Waals surface area contributed by atoms with Crippen molar-refractivity contribution in [2.45, 2.75) is 65.3 Å². The van der Waals surface area contributed by atoms with Gasteiger partial charge in [0.25, 0.3) is 10.1 Å². The van der Waals surface area contributed by atoms with Gasteiger partial charge in [0.2, 0.25) is 0 Å². The molecule has 0 fully saturated rings. The molecule has 1 aromatic heterocycles. The van der Waals surface area contributed by atoms with Crippen molar-refractivity contribution in [1.82, 2.24) is 4.57 Å². The highest BCUT2D eigenvalue weighted by Crippen LogP contribution is 2.50. The number of fused-ring (bicyclic) bond motifs is 3. The zero-order chi connectivity index (χ0) is 22.1. The lowest BCUT2D eigenvalue weighted by Crippen LogP contribution is -2.12. The van der Waals surface area contributed by atoms with E-state index in [0.29, 0.717) is 13.0 Å². The second kappa shape index (κ2) is 6.69. The Morgan fingerprint density at radius 2 is 1.27 bits per heavy atom. The lowest BCUT2D eigenvalue weighted by atomic mass is 9.81. The van der Waals surface area contributed by atoms with Gasteiger partial charge in [-0.15, -0.1) is 0 Å². The van der Waals surface area contributed by atoms with Crippen molar-refractivity contribution in [1.29, 1.82) is 0 Å². The van der Waals surface area contributed by atoms with Crippen LogP contribution in [0.2, 0.25) is 0 Å². The summed E-state index contributed by atoms with van der Waals surface area (Å²) in [5.74, 6) is -0.218. The first-order valence-corrected chi connectivity index (χ1v) is 12.1. The Morgan fingerprint density at radius 3 is 1.67 bits per heavy atom. The highest BCUT2D eigenvalue weighted by Gasteiger charge is 2.28. The van der Waals surface area contributed by atoms with Crippen molar-refractivity contribution in [3.8, 4) is 22.3 Å². The van der Waals surface area contributed by atoms with Gasteiger partial charge < -0.3 is 4.57 Å². The third-order valence-electron chi connectivity index (χ3n) is 6.06. The van der Waals surface area contributed by atoms with Gasteiger partial charge >= 0.3 is 0 Å². The number of aryl methyl sites for hydroxylation is 1. The Kier molecular flexibility index (Phi) is 4.72. The van der Waals surface area contributed by atoms with Crippen LogP contribution in [0.1, 0.15) is 59.1 Å². The molecule has 0 aliphatic heterocycles. The number of rotatable bonds is 4. The number of hydrogen-bond acceptors (Lipinski definition) is 2. The Hall–Kier alpha value is -2.11. The molecule has 0 radical (unpaired) electrons. The molecule has 0 unspecified atom stereocenters. The molecule has 1 N–H and O–H groups in total. The van der Waals surface area contributed by atoms with Crippen LogP contribution in [0.3, 0.4) is 0 Å². The van der Waals surface area contributed by atoms with E-state index < -0.39 is 10.1 Å². The van der Waals surface area contributed by atoms with E-state index in [2.05, 4.69) is 82.8 Å². The van der Waals surface area contributed by atoms with Gasteiger partial charge in [0.1, 0.15) is 0 Å². The quantitative estimate of drug-likeness (QED) is 0.398. The molecule has 0 atom stereocenters. The summed E-state index contributed by atoms with van der Waals surface area (Å²) in [6, 6.07) is 9.31. The van der Waals surface area contributed by atoms with E-state index in [0.717, 1.165) is 0 Å². The molecule has 0 saturated heterocycles. The molecule has 0 saturated carbocycles. The van der Waals surface area contributed by atoms with Crippen LogP contribution < -0.4 is 0 Å². The molecule has 160 valence electrons. The van der Waals surface area contributed by atoms with Gasteiger partial charge in [0, 0.05) is 30.1 Å². The number of benzene rings is 2. The molecular formula is C25H31NO3S. The number of nitrogens with zero attached hydrogens (tertiary/aromatic N) is 1. The maximum atomic E-state index is 11.1. The van der Waals surface area contributed by atoms with Gasteiger partial charge in [0.05, 0.1) is 5.75 Å². The highest BCUT2D eigenvalue weighted by molar-refractivity contribution is 7.85. The smallest absolute Gasteiger partial charge is 0.264 e. The molecule has 4 nitrogen and oxygen atoms in total. The van der Waals surface area contributed by atoms with E-state index in [1.165, 1.54) is 44.2 Å². The summed E-state index contributed by atoms with van der Waals surface area (Å²) in [7, 11) is -3.93. The normalized spacial score (nSPS) is 13.8.